The SMILES string of the molecule is N#Cc1cccc(C(=O)c2cnc(NCc3ccc(C(N)=O)nc3)nc2)c1. The zero-order chi connectivity index (χ0) is 19.2. The van der Waals surface area contributed by atoms with E-state index in [0.29, 0.717) is 29.2 Å². The average Bonchev–Trinajstić information content (AvgIpc) is 2.72. The first-order valence-electron chi connectivity index (χ1n) is 7.92. The molecule has 3 aromatic rings. The van der Waals surface area contributed by atoms with E-state index in [4.69, 9.17) is 11.0 Å². The fraction of sp³-hybridized carbons (Fsp3) is 0.0526. The molecule has 0 fully saturated rings. The van der Waals surface area contributed by atoms with Crippen molar-refractivity contribution in [1.29, 1.82) is 5.26 Å². The predicted molar refractivity (Wildman–Crippen MR) is 96.7 cm³/mol. The Morgan fingerprint density at radius 3 is 2.44 bits per heavy atom. The number of carbonyl (C=O) groups is 2. The fourth-order valence-electron chi connectivity index (χ4n) is 2.29. The number of pyridine rings is 1. The second-order valence-corrected chi connectivity index (χ2v) is 5.59. The highest BCUT2D eigenvalue weighted by Gasteiger charge is 2.11. The number of aromatic nitrogens is 3. The van der Waals surface area contributed by atoms with Crippen LogP contribution >= 0.6 is 0 Å². The molecule has 0 aliphatic heterocycles. The van der Waals surface area contributed by atoms with E-state index in [1.165, 1.54) is 30.7 Å². The van der Waals surface area contributed by atoms with Crippen molar-refractivity contribution >= 4 is 17.6 Å². The van der Waals surface area contributed by atoms with E-state index in [2.05, 4.69) is 20.3 Å². The van der Waals surface area contributed by atoms with Crippen LogP contribution in [0.25, 0.3) is 0 Å². The van der Waals surface area contributed by atoms with Gasteiger partial charge in [0.1, 0.15) is 5.69 Å². The number of anilines is 1. The van der Waals surface area contributed by atoms with Gasteiger partial charge >= 0.3 is 0 Å². The van der Waals surface area contributed by atoms with Gasteiger partial charge in [0.25, 0.3) is 5.91 Å². The lowest BCUT2D eigenvalue weighted by molar-refractivity contribution is 0.0994. The van der Waals surface area contributed by atoms with E-state index in [1.807, 2.05) is 6.07 Å². The molecule has 0 saturated heterocycles. The summed E-state index contributed by atoms with van der Waals surface area (Å²) in [5.41, 5.74) is 7.29. The number of ketones is 1. The largest absolute Gasteiger partial charge is 0.364 e. The summed E-state index contributed by atoms with van der Waals surface area (Å²) in [7, 11) is 0. The summed E-state index contributed by atoms with van der Waals surface area (Å²) in [5, 5.41) is 11.9. The molecule has 2 heterocycles. The number of nitriles is 1. The second-order valence-electron chi connectivity index (χ2n) is 5.59. The first kappa shape index (κ1) is 17.7. The van der Waals surface area contributed by atoms with Gasteiger partial charge in [-0.2, -0.15) is 5.26 Å². The van der Waals surface area contributed by atoms with Crippen molar-refractivity contribution in [3.8, 4) is 6.07 Å². The van der Waals surface area contributed by atoms with E-state index in [9.17, 15) is 9.59 Å². The molecule has 2 aromatic heterocycles. The molecule has 8 heteroatoms. The highest BCUT2D eigenvalue weighted by Crippen LogP contribution is 2.11. The van der Waals surface area contributed by atoms with Crippen molar-refractivity contribution < 1.29 is 9.59 Å². The number of primary amides is 1. The summed E-state index contributed by atoms with van der Waals surface area (Å²) in [6, 6.07) is 11.7. The lowest BCUT2D eigenvalue weighted by atomic mass is 10.0. The molecule has 0 atom stereocenters. The molecule has 0 saturated carbocycles. The van der Waals surface area contributed by atoms with E-state index >= 15 is 0 Å². The van der Waals surface area contributed by atoms with Crippen molar-refractivity contribution in [2.24, 2.45) is 5.73 Å². The topological polar surface area (TPSA) is 135 Å². The van der Waals surface area contributed by atoms with Gasteiger partial charge in [-0.05, 0) is 23.8 Å². The Kier molecular flexibility index (Phi) is 5.14. The maximum Gasteiger partial charge on any atom is 0.267 e. The van der Waals surface area contributed by atoms with Gasteiger partial charge in [-0.1, -0.05) is 18.2 Å². The monoisotopic (exact) mass is 358 g/mol. The normalized spacial score (nSPS) is 10.0. The average molecular weight is 358 g/mol. The molecule has 1 aromatic carbocycles. The van der Waals surface area contributed by atoms with Crippen LogP contribution in [0.2, 0.25) is 0 Å². The van der Waals surface area contributed by atoms with Crippen LogP contribution in [-0.2, 0) is 6.54 Å². The lowest BCUT2D eigenvalue weighted by Crippen LogP contribution is -2.13. The van der Waals surface area contributed by atoms with Crippen molar-refractivity contribution in [1.82, 2.24) is 15.0 Å². The molecule has 3 rings (SSSR count). The van der Waals surface area contributed by atoms with E-state index in [1.54, 1.807) is 24.3 Å². The molecule has 0 aliphatic rings. The number of nitrogens with two attached hydrogens (primary N) is 1. The molecular weight excluding hydrogens is 344 g/mol. The first-order valence-corrected chi connectivity index (χ1v) is 7.92. The molecule has 0 aliphatic carbocycles. The highest BCUT2D eigenvalue weighted by atomic mass is 16.1. The minimum absolute atomic E-state index is 0.193. The summed E-state index contributed by atoms with van der Waals surface area (Å²) >= 11 is 0. The third-order valence-corrected chi connectivity index (χ3v) is 3.70. The van der Waals surface area contributed by atoms with Crippen molar-refractivity contribution in [2.45, 2.75) is 6.54 Å². The molecule has 27 heavy (non-hydrogen) atoms. The third kappa shape index (κ3) is 4.29. The summed E-state index contributed by atoms with van der Waals surface area (Å²) in [4.78, 5) is 35.6. The zero-order valence-corrected chi connectivity index (χ0v) is 14.1. The Morgan fingerprint density at radius 1 is 1.04 bits per heavy atom. The molecule has 1 amide bonds. The fourth-order valence-corrected chi connectivity index (χ4v) is 2.29. The Balaban J connectivity index is 1.65. The first-order chi connectivity index (χ1) is 13.1. The Morgan fingerprint density at radius 2 is 1.81 bits per heavy atom. The summed E-state index contributed by atoms with van der Waals surface area (Å²) < 4.78 is 0. The van der Waals surface area contributed by atoms with Crippen LogP contribution in [0.1, 0.15) is 37.5 Å². The molecule has 8 nitrogen and oxygen atoms in total. The van der Waals surface area contributed by atoms with Crippen molar-refractivity contribution in [3.63, 3.8) is 0 Å². The van der Waals surface area contributed by atoms with Crippen LogP contribution in [0, 0.1) is 11.3 Å². The summed E-state index contributed by atoms with van der Waals surface area (Å²) in [6.45, 7) is 0.392. The molecule has 0 spiro atoms. The predicted octanol–water partition coefficient (Wildman–Crippen LogP) is 1.69. The van der Waals surface area contributed by atoms with Crippen LogP contribution in [0.3, 0.4) is 0 Å². The van der Waals surface area contributed by atoms with Gasteiger partial charge in [0.15, 0.2) is 5.78 Å². The molecular formula is C19H14N6O2. The number of nitrogens with zero attached hydrogens (tertiary/aromatic N) is 4. The van der Waals surface area contributed by atoms with Crippen LogP contribution in [0.4, 0.5) is 5.95 Å². The van der Waals surface area contributed by atoms with Crippen LogP contribution in [0.15, 0.2) is 55.0 Å². The highest BCUT2D eigenvalue weighted by molar-refractivity contribution is 6.08. The van der Waals surface area contributed by atoms with Gasteiger partial charge in [0.2, 0.25) is 5.95 Å². The summed E-state index contributed by atoms with van der Waals surface area (Å²) in [5.74, 6) is -0.500. The summed E-state index contributed by atoms with van der Waals surface area (Å²) in [6.07, 6.45) is 4.38. The standard InChI is InChI=1S/C19H14N6O2/c20-7-12-2-1-3-14(6-12)17(26)15-10-24-19(25-11-15)23-9-13-4-5-16(18(21)27)22-8-13/h1-6,8,10-11H,9H2,(H2,21,27)(H,23,24,25). The van der Waals surface area contributed by atoms with Gasteiger partial charge in [0, 0.05) is 30.7 Å². The number of amides is 1. The number of carbonyl (C=O) groups excluding carboxylic acids is 2. The minimum Gasteiger partial charge on any atom is -0.364 e. The maximum atomic E-state index is 12.4. The second kappa shape index (κ2) is 7.84. The molecule has 0 radical (unpaired) electrons. The smallest absolute Gasteiger partial charge is 0.267 e. The van der Waals surface area contributed by atoms with E-state index in [0.717, 1.165) is 5.56 Å². The maximum absolute atomic E-state index is 12.4. The number of nitrogens with one attached hydrogen (secondary N) is 1. The number of rotatable bonds is 6. The van der Waals surface area contributed by atoms with Gasteiger partial charge < -0.3 is 11.1 Å². The van der Waals surface area contributed by atoms with E-state index in [-0.39, 0.29) is 11.5 Å². The molecule has 132 valence electrons. The Bertz CT molecular complexity index is 1020. The van der Waals surface area contributed by atoms with Crippen LogP contribution < -0.4 is 11.1 Å². The van der Waals surface area contributed by atoms with Crippen molar-refractivity contribution in [2.75, 3.05) is 5.32 Å². The molecule has 0 bridgehead atoms. The van der Waals surface area contributed by atoms with Gasteiger partial charge in [-0.25, -0.2) is 9.97 Å². The van der Waals surface area contributed by atoms with Gasteiger partial charge in [0.05, 0.1) is 17.2 Å². The van der Waals surface area contributed by atoms with Crippen LogP contribution in [0.5, 0.6) is 0 Å². The zero-order valence-electron chi connectivity index (χ0n) is 14.1. The van der Waals surface area contributed by atoms with Gasteiger partial charge in [-0.15, -0.1) is 0 Å². The third-order valence-electron chi connectivity index (χ3n) is 3.70. The van der Waals surface area contributed by atoms with Crippen molar-refractivity contribution in [3.05, 3.63) is 82.9 Å². The number of hydrogen-bond acceptors (Lipinski definition) is 7. The van der Waals surface area contributed by atoms with Gasteiger partial charge in [-0.3, -0.25) is 14.6 Å². The molecule has 0 unspecified atom stereocenters. The van der Waals surface area contributed by atoms with Crippen LogP contribution in [-0.4, -0.2) is 26.6 Å². The number of benzene rings is 1. The Labute approximate surface area is 154 Å². The lowest BCUT2D eigenvalue weighted by Gasteiger charge is -2.06. The number of hydrogen-bond donors (Lipinski definition) is 2. The Hall–Kier alpha value is -4.12. The van der Waals surface area contributed by atoms with E-state index < -0.39 is 5.91 Å². The minimum atomic E-state index is -0.585. The quantitative estimate of drug-likeness (QED) is 0.640. The molecule has 3 N–H and O–H groups in total.